The number of hydrogen-bond donors (Lipinski definition) is 0. The van der Waals surface area contributed by atoms with Gasteiger partial charge in [-0.15, -0.1) is 0 Å². The van der Waals surface area contributed by atoms with E-state index in [2.05, 4.69) is 50.4 Å². The molecule has 0 atom stereocenters. The molecule has 2 heteroatoms. The average molecular weight is 382 g/mol. The molecule has 28 heavy (non-hydrogen) atoms. The average Bonchev–Trinajstić information content (AvgIpc) is 2.73. The number of aryl methyl sites for hydroxylation is 2. The van der Waals surface area contributed by atoms with Gasteiger partial charge in [0, 0.05) is 18.3 Å². The van der Waals surface area contributed by atoms with Gasteiger partial charge in [-0.05, 0) is 48.4 Å². The summed E-state index contributed by atoms with van der Waals surface area (Å²) in [5.41, 5.74) is 5.41. The van der Waals surface area contributed by atoms with Crippen LogP contribution in [0.5, 0.6) is 0 Å². The Bertz CT molecular complexity index is 638. The van der Waals surface area contributed by atoms with Crippen molar-refractivity contribution in [2.24, 2.45) is 0 Å². The van der Waals surface area contributed by atoms with Crippen molar-refractivity contribution in [2.45, 2.75) is 91.1 Å². The summed E-state index contributed by atoms with van der Waals surface area (Å²) in [5, 5.41) is 0. The summed E-state index contributed by atoms with van der Waals surface area (Å²) in [4.78, 5) is 4.75. The Morgan fingerprint density at radius 1 is 0.750 bits per heavy atom. The lowest BCUT2D eigenvalue weighted by atomic mass is 9.97. The van der Waals surface area contributed by atoms with Crippen molar-refractivity contribution < 1.29 is 4.74 Å². The van der Waals surface area contributed by atoms with E-state index < -0.39 is 0 Å². The number of unbranched alkanes of at least 4 members (excludes halogenated alkanes) is 6. The summed E-state index contributed by atoms with van der Waals surface area (Å²) in [6.07, 6.45) is 16.0. The first-order valence-electron chi connectivity index (χ1n) is 11.4. The molecule has 0 N–H and O–H groups in total. The molecule has 0 amide bonds. The quantitative estimate of drug-likeness (QED) is 0.307. The van der Waals surface area contributed by atoms with Crippen LogP contribution in [-0.4, -0.2) is 11.6 Å². The van der Waals surface area contributed by atoms with Crippen molar-refractivity contribution in [3.05, 3.63) is 65.0 Å². The first-order chi connectivity index (χ1) is 13.8. The molecule has 0 saturated heterocycles. The number of benzene rings is 1. The molecule has 0 bridgehead atoms. The van der Waals surface area contributed by atoms with Crippen LogP contribution in [0.2, 0.25) is 0 Å². The summed E-state index contributed by atoms with van der Waals surface area (Å²) < 4.78 is 5.86. The standard InChI is InChI=1S/C26H39NO/c1-3-5-7-12-16-24-20-26(27-21-25(24)17-13-8-6-4-2)18-19-28-22-23-14-10-9-11-15-23/h9-11,14-15,20-21H,3-8,12-13,16-19,22H2,1-2H3. The van der Waals surface area contributed by atoms with Crippen LogP contribution in [0.1, 0.15) is 87.6 Å². The number of hydrogen-bond acceptors (Lipinski definition) is 2. The lowest BCUT2D eigenvalue weighted by molar-refractivity contribution is 0.123. The SMILES string of the molecule is CCCCCCc1cnc(CCOCc2ccccc2)cc1CCCCCC. The van der Waals surface area contributed by atoms with Crippen molar-refractivity contribution in [3.8, 4) is 0 Å². The van der Waals surface area contributed by atoms with E-state index in [1.54, 1.807) is 0 Å². The Hall–Kier alpha value is -1.67. The van der Waals surface area contributed by atoms with E-state index in [0.29, 0.717) is 6.61 Å². The van der Waals surface area contributed by atoms with Gasteiger partial charge in [0.1, 0.15) is 0 Å². The van der Waals surface area contributed by atoms with Gasteiger partial charge in [-0.1, -0.05) is 82.7 Å². The van der Waals surface area contributed by atoms with Gasteiger partial charge in [-0.25, -0.2) is 0 Å². The van der Waals surface area contributed by atoms with E-state index in [0.717, 1.165) is 13.0 Å². The first kappa shape index (κ1) is 22.6. The molecule has 154 valence electrons. The van der Waals surface area contributed by atoms with E-state index in [4.69, 9.17) is 9.72 Å². The minimum Gasteiger partial charge on any atom is -0.376 e. The molecule has 1 aromatic heterocycles. The Balaban J connectivity index is 1.86. The van der Waals surface area contributed by atoms with Crippen molar-refractivity contribution in [3.63, 3.8) is 0 Å². The van der Waals surface area contributed by atoms with Crippen molar-refractivity contribution >= 4 is 0 Å². The third kappa shape index (κ3) is 9.01. The van der Waals surface area contributed by atoms with E-state index in [1.807, 2.05) is 6.07 Å². The van der Waals surface area contributed by atoms with Crippen LogP contribution < -0.4 is 0 Å². The Kier molecular flexibility index (Phi) is 11.6. The van der Waals surface area contributed by atoms with E-state index in [-0.39, 0.29) is 0 Å². The van der Waals surface area contributed by atoms with Gasteiger partial charge in [-0.2, -0.15) is 0 Å². The molecule has 0 saturated carbocycles. The van der Waals surface area contributed by atoms with Crippen LogP contribution in [-0.2, 0) is 30.6 Å². The number of ether oxygens (including phenoxy) is 1. The second-order valence-corrected chi connectivity index (χ2v) is 7.85. The molecular formula is C26H39NO. The van der Waals surface area contributed by atoms with Crippen LogP contribution in [0.3, 0.4) is 0 Å². The fourth-order valence-corrected chi connectivity index (χ4v) is 3.59. The van der Waals surface area contributed by atoms with Gasteiger partial charge in [0.05, 0.1) is 13.2 Å². The normalized spacial score (nSPS) is 11.1. The van der Waals surface area contributed by atoms with Crippen molar-refractivity contribution in [2.75, 3.05) is 6.61 Å². The molecule has 1 aromatic carbocycles. The molecule has 0 aliphatic carbocycles. The molecule has 1 heterocycles. The van der Waals surface area contributed by atoms with Crippen LogP contribution >= 0.6 is 0 Å². The second kappa shape index (κ2) is 14.3. The highest BCUT2D eigenvalue weighted by molar-refractivity contribution is 5.27. The molecule has 0 fully saturated rings. The van der Waals surface area contributed by atoms with Gasteiger partial charge in [0.15, 0.2) is 0 Å². The van der Waals surface area contributed by atoms with Gasteiger partial charge < -0.3 is 4.74 Å². The summed E-state index contributed by atoms with van der Waals surface area (Å²) >= 11 is 0. The smallest absolute Gasteiger partial charge is 0.0717 e. The molecule has 2 rings (SSSR count). The number of aromatic nitrogens is 1. The predicted octanol–water partition coefficient (Wildman–Crippen LogP) is 7.09. The first-order valence-corrected chi connectivity index (χ1v) is 11.4. The van der Waals surface area contributed by atoms with Gasteiger partial charge in [-0.3, -0.25) is 4.98 Å². The fourth-order valence-electron chi connectivity index (χ4n) is 3.59. The van der Waals surface area contributed by atoms with Crippen LogP contribution in [0.25, 0.3) is 0 Å². The highest BCUT2D eigenvalue weighted by Crippen LogP contribution is 2.18. The molecule has 0 aliphatic rings. The molecule has 2 aromatic rings. The number of rotatable bonds is 15. The Morgan fingerprint density at radius 2 is 1.43 bits per heavy atom. The number of nitrogens with zero attached hydrogens (tertiary/aromatic N) is 1. The lowest BCUT2D eigenvalue weighted by Crippen LogP contribution is -2.04. The maximum Gasteiger partial charge on any atom is 0.0717 e. The van der Waals surface area contributed by atoms with E-state index in [9.17, 15) is 0 Å². The lowest BCUT2D eigenvalue weighted by Gasteiger charge is -2.12. The van der Waals surface area contributed by atoms with Crippen molar-refractivity contribution in [1.82, 2.24) is 4.98 Å². The van der Waals surface area contributed by atoms with Gasteiger partial charge in [0.25, 0.3) is 0 Å². The van der Waals surface area contributed by atoms with Crippen LogP contribution in [0.15, 0.2) is 42.6 Å². The third-order valence-electron chi connectivity index (χ3n) is 5.35. The van der Waals surface area contributed by atoms with Crippen molar-refractivity contribution in [1.29, 1.82) is 0 Å². The molecule has 0 aliphatic heterocycles. The highest BCUT2D eigenvalue weighted by Gasteiger charge is 2.06. The summed E-state index contributed by atoms with van der Waals surface area (Å²) in [7, 11) is 0. The molecule has 0 unspecified atom stereocenters. The topological polar surface area (TPSA) is 22.1 Å². The third-order valence-corrected chi connectivity index (χ3v) is 5.35. The number of pyridine rings is 1. The molecular weight excluding hydrogens is 342 g/mol. The minimum atomic E-state index is 0.681. The summed E-state index contributed by atoms with van der Waals surface area (Å²) in [6.45, 7) is 5.96. The minimum absolute atomic E-state index is 0.681. The maximum atomic E-state index is 5.86. The van der Waals surface area contributed by atoms with Gasteiger partial charge in [0.2, 0.25) is 0 Å². The monoisotopic (exact) mass is 381 g/mol. The predicted molar refractivity (Wildman–Crippen MR) is 120 cm³/mol. The van der Waals surface area contributed by atoms with E-state index in [1.165, 1.54) is 86.6 Å². The Labute approximate surface area is 172 Å². The zero-order valence-electron chi connectivity index (χ0n) is 18.1. The summed E-state index contributed by atoms with van der Waals surface area (Å²) in [5.74, 6) is 0. The Morgan fingerprint density at radius 3 is 2.11 bits per heavy atom. The fraction of sp³-hybridized carbons (Fsp3) is 0.577. The van der Waals surface area contributed by atoms with Gasteiger partial charge >= 0.3 is 0 Å². The second-order valence-electron chi connectivity index (χ2n) is 7.85. The van der Waals surface area contributed by atoms with Crippen LogP contribution in [0, 0.1) is 0 Å². The molecule has 0 spiro atoms. The zero-order chi connectivity index (χ0) is 19.9. The maximum absolute atomic E-state index is 5.86. The summed E-state index contributed by atoms with van der Waals surface area (Å²) in [6, 6.07) is 12.7. The molecule has 2 nitrogen and oxygen atoms in total. The largest absolute Gasteiger partial charge is 0.376 e. The molecule has 0 radical (unpaired) electrons. The van der Waals surface area contributed by atoms with Crippen LogP contribution in [0.4, 0.5) is 0 Å². The van der Waals surface area contributed by atoms with E-state index >= 15 is 0 Å². The zero-order valence-corrected chi connectivity index (χ0v) is 18.1. The highest BCUT2D eigenvalue weighted by atomic mass is 16.5.